The SMILES string of the molecule is C=CC(=O)Nc1cc(Nc2ncc3ccnc(-c4cncc(Cl)c4)c3n2)ccc1OC1CN(C)C1. The van der Waals surface area contributed by atoms with Crippen molar-refractivity contribution in [3.63, 3.8) is 0 Å². The molecule has 176 valence electrons. The average Bonchev–Trinajstić information content (AvgIpc) is 2.84. The highest BCUT2D eigenvalue weighted by molar-refractivity contribution is 6.30. The largest absolute Gasteiger partial charge is 0.486 e. The van der Waals surface area contributed by atoms with E-state index in [0.717, 1.165) is 24.0 Å². The van der Waals surface area contributed by atoms with Gasteiger partial charge in [0.25, 0.3) is 0 Å². The quantitative estimate of drug-likeness (QED) is 0.372. The van der Waals surface area contributed by atoms with Gasteiger partial charge in [-0.15, -0.1) is 0 Å². The van der Waals surface area contributed by atoms with Crippen molar-refractivity contribution in [1.82, 2.24) is 24.8 Å². The molecule has 4 heterocycles. The smallest absolute Gasteiger partial charge is 0.247 e. The van der Waals surface area contributed by atoms with E-state index in [2.05, 4.69) is 42.0 Å². The molecule has 0 aliphatic carbocycles. The van der Waals surface area contributed by atoms with E-state index < -0.39 is 0 Å². The number of fused-ring (bicyclic) bond motifs is 1. The monoisotopic (exact) mass is 487 g/mol. The summed E-state index contributed by atoms with van der Waals surface area (Å²) in [6.07, 6.45) is 7.97. The van der Waals surface area contributed by atoms with Crippen LogP contribution >= 0.6 is 11.6 Å². The van der Waals surface area contributed by atoms with Gasteiger partial charge in [-0.3, -0.25) is 19.7 Å². The number of hydrogen-bond donors (Lipinski definition) is 2. The molecule has 0 saturated carbocycles. The van der Waals surface area contributed by atoms with E-state index in [9.17, 15) is 4.79 Å². The number of nitrogens with zero attached hydrogens (tertiary/aromatic N) is 5. The minimum atomic E-state index is -0.328. The van der Waals surface area contributed by atoms with E-state index in [1.54, 1.807) is 36.9 Å². The molecular formula is C25H22ClN7O2. The highest BCUT2D eigenvalue weighted by Gasteiger charge is 2.26. The fourth-order valence-electron chi connectivity index (χ4n) is 3.79. The molecule has 0 radical (unpaired) electrons. The average molecular weight is 488 g/mol. The normalized spacial score (nSPS) is 13.8. The number of benzene rings is 1. The number of anilines is 3. The van der Waals surface area contributed by atoms with Gasteiger partial charge < -0.3 is 15.4 Å². The Labute approximate surface area is 206 Å². The van der Waals surface area contributed by atoms with Crippen molar-refractivity contribution in [3.05, 3.63) is 72.8 Å². The number of halogens is 1. The second-order valence-electron chi connectivity index (χ2n) is 8.17. The number of rotatable bonds is 7. The van der Waals surface area contributed by atoms with Crippen molar-refractivity contribution in [3.8, 4) is 17.0 Å². The fraction of sp³-hybridized carbons (Fsp3) is 0.160. The van der Waals surface area contributed by atoms with Crippen LogP contribution in [0.5, 0.6) is 5.75 Å². The van der Waals surface area contributed by atoms with E-state index in [-0.39, 0.29) is 12.0 Å². The van der Waals surface area contributed by atoms with Gasteiger partial charge in [0.05, 0.1) is 16.4 Å². The number of nitrogens with one attached hydrogen (secondary N) is 2. The summed E-state index contributed by atoms with van der Waals surface area (Å²) in [5.74, 6) is 0.630. The van der Waals surface area contributed by atoms with Crippen LogP contribution in [0.15, 0.2) is 67.8 Å². The van der Waals surface area contributed by atoms with Gasteiger partial charge in [-0.25, -0.2) is 9.97 Å². The molecule has 3 aromatic heterocycles. The highest BCUT2D eigenvalue weighted by atomic mass is 35.5. The lowest BCUT2D eigenvalue weighted by atomic mass is 10.1. The van der Waals surface area contributed by atoms with Gasteiger partial charge >= 0.3 is 0 Å². The van der Waals surface area contributed by atoms with Crippen LogP contribution in [-0.4, -0.2) is 57.0 Å². The lowest BCUT2D eigenvalue weighted by Crippen LogP contribution is -2.51. The van der Waals surface area contributed by atoms with Gasteiger partial charge in [-0.2, -0.15) is 0 Å². The van der Waals surface area contributed by atoms with Gasteiger partial charge in [-0.05, 0) is 43.5 Å². The summed E-state index contributed by atoms with van der Waals surface area (Å²) in [6.45, 7) is 5.19. The fourth-order valence-corrected chi connectivity index (χ4v) is 3.96. The summed E-state index contributed by atoms with van der Waals surface area (Å²) in [4.78, 5) is 31.9. The van der Waals surface area contributed by atoms with Gasteiger partial charge in [0.2, 0.25) is 11.9 Å². The molecule has 0 atom stereocenters. The summed E-state index contributed by atoms with van der Waals surface area (Å²) in [7, 11) is 2.03. The summed E-state index contributed by atoms with van der Waals surface area (Å²) in [5, 5.41) is 7.35. The maximum atomic E-state index is 12.0. The predicted molar refractivity (Wildman–Crippen MR) is 136 cm³/mol. The maximum Gasteiger partial charge on any atom is 0.247 e. The van der Waals surface area contributed by atoms with Crippen LogP contribution in [0.25, 0.3) is 22.2 Å². The zero-order chi connectivity index (χ0) is 24.4. The Balaban J connectivity index is 1.45. The molecule has 1 aromatic carbocycles. The van der Waals surface area contributed by atoms with Crippen LogP contribution in [0.3, 0.4) is 0 Å². The zero-order valence-corrected chi connectivity index (χ0v) is 19.7. The van der Waals surface area contributed by atoms with E-state index in [4.69, 9.17) is 16.3 Å². The molecule has 0 spiro atoms. The molecule has 0 unspecified atom stereocenters. The first-order chi connectivity index (χ1) is 17.0. The third-order valence-electron chi connectivity index (χ3n) is 5.48. The number of likely N-dealkylation sites (N-methyl/N-ethyl adjacent to an activating group) is 1. The Morgan fingerprint density at radius 1 is 1.20 bits per heavy atom. The molecule has 35 heavy (non-hydrogen) atoms. The summed E-state index contributed by atoms with van der Waals surface area (Å²) in [6, 6.07) is 9.06. The van der Waals surface area contributed by atoms with E-state index in [0.29, 0.717) is 39.3 Å². The Kier molecular flexibility index (Phi) is 6.26. The number of pyridine rings is 2. The van der Waals surface area contributed by atoms with Crippen molar-refractivity contribution >= 4 is 45.7 Å². The molecule has 1 saturated heterocycles. The predicted octanol–water partition coefficient (Wildman–Crippen LogP) is 4.30. The molecule has 2 N–H and O–H groups in total. The van der Waals surface area contributed by atoms with E-state index >= 15 is 0 Å². The van der Waals surface area contributed by atoms with Crippen LogP contribution in [0.2, 0.25) is 5.02 Å². The van der Waals surface area contributed by atoms with Crippen molar-refractivity contribution in [2.45, 2.75) is 6.10 Å². The Morgan fingerprint density at radius 3 is 2.83 bits per heavy atom. The van der Waals surface area contributed by atoms with Gasteiger partial charge in [0.1, 0.15) is 17.4 Å². The topological polar surface area (TPSA) is 105 Å². The second-order valence-corrected chi connectivity index (χ2v) is 8.61. The lowest BCUT2D eigenvalue weighted by Gasteiger charge is -2.36. The Hall–Kier alpha value is -4.08. The maximum absolute atomic E-state index is 12.0. The second kappa shape index (κ2) is 9.65. The van der Waals surface area contributed by atoms with Crippen LogP contribution in [0, 0.1) is 0 Å². The molecule has 1 amide bonds. The summed E-state index contributed by atoms with van der Waals surface area (Å²) in [5.41, 5.74) is 3.27. The van der Waals surface area contributed by atoms with Crippen molar-refractivity contribution in [2.24, 2.45) is 0 Å². The van der Waals surface area contributed by atoms with Crippen molar-refractivity contribution in [1.29, 1.82) is 0 Å². The molecule has 4 aromatic rings. The Morgan fingerprint density at radius 2 is 2.06 bits per heavy atom. The third-order valence-corrected chi connectivity index (χ3v) is 5.69. The molecule has 1 aliphatic heterocycles. The molecule has 10 heteroatoms. The summed E-state index contributed by atoms with van der Waals surface area (Å²) >= 11 is 6.13. The van der Waals surface area contributed by atoms with Crippen LogP contribution in [0.4, 0.5) is 17.3 Å². The number of hydrogen-bond acceptors (Lipinski definition) is 8. The molecule has 5 rings (SSSR count). The number of aromatic nitrogens is 4. The van der Waals surface area contributed by atoms with Crippen molar-refractivity contribution in [2.75, 3.05) is 30.8 Å². The number of likely N-dealkylation sites (tertiary alicyclic amines) is 1. The zero-order valence-electron chi connectivity index (χ0n) is 18.9. The number of carbonyl (C=O) groups excluding carboxylic acids is 1. The summed E-state index contributed by atoms with van der Waals surface area (Å²) < 4.78 is 6.06. The first kappa shape index (κ1) is 22.7. The van der Waals surface area contributed by atoms with Crippen LogP contribution < -0.4 is 15.4 Å². The first-order valence-electron chi connectivity index (χ1n) is 10.9. The molecule has 9 nitrogen and oxygen atoms in total. The number of amides is 1. The van der Waals surface area contributed by atoms with Gasteiger partial charge in [0.15, 0.2) is 0 Å². The molecule has 1 aliphatic rings. The van der Waals surface area contributed by atoms with Gasteiger partial charge in [-0.1, -0.05) is 18.2 Å². The van der Waals surface area contributed by atoms with Crippen molar-refractivity contribution < 1.29 is 9.53 Å². The lowest BCUT2D eigenvalue weighted by molar-refractivity contribution is -0.111. The molecular weight excluding hydrogens is 466 g/mol. The first-order valence-corrected chi connectivity index (χ1v) is 11.3. The molecule has 0 bridgehead atoms. The molecule has 1 fully saturated rings. The van der Waals surface area contributed by atoms with E-state index in [1.807, 2.05) is 25.2 Å². The minimum Gasteiger partial charge on any atom is -0.486 e. The van der Waals surface area contributed by atoms with Crippen LogP contribution in [-0.2, 0) is 4.79 Å². The highest BCUT2D eigenvalue weighted by Crippen LogP contribution is 2.32. The number of ether oxygens (including phenoxy) is 1. The minimum absolute atomic E-state index is 0.0777. The third kappa shape index (κ3) is 5.06. The Bertz CT molecular complexity index is 1420. The van der Waals surface area contributed by atoms with Crippen LogP contribution in [0.1, 0.15) is 0 Å². The number of carbonyl (C=O) groups is 1. The van der Waals surface area contributed by atoms with E-state index in [1.165, 1.54) is 6.08 Å². The van der Waals surface area contributed by atoms with Gasteiger partial charge in [0, 0.05) is 54.5 Å². The standard InChI is InChI=1S/C25H22ClN7O2/c1-3-22(34)31-20-9-18(4-5-21(20)35-19-13-33(2)14-19)30-25-29-11-15-6-7-28-23(24(15)32-25)16-8-17(26)12-27-10-16/h3-12,19H,1,13-14H2,2H3,(H,31,34)(H,29,30,32).